The van der Waals surface area contributed by atoms with Gasteiger partial charge >= 0.3 is 0 Å². The van der Waals surface area contributed by atoms with E-state index in [1.165, 1.54) is 34.4 Å². The van der Waals surface area contributed by atoms with Crippen LogP contribution in [0.15, 0.2) is 36.4 Å². The molecule has 0 bridgehead atoms. The quantitative estimate of drug-likeness (QED) is 0.265. The van der Waals surface area contributed by atoms with Gasteiger partial charge in [0.15, 0.2) is 10.9 Å². The number of thiazole rings is 1. The van der Waals surface area contributed by atoms with Gasteiger partial charge in [-0.25, -0.2) is 13.8 Å². The van der Waals surface area contributed by atoms with E-state index in [1.807, 2.05) is 19.0 Å². The first-order valence-corrected chi connectivity index (χ1v) is 10.8. The van der Waals surface area contributed by atoms with Gasteiger partial charge in [0.25, 0.3) is 11.6 Å². The molecule has 4 aromatic rings. The fraction of sp³-hybridized carbons (Fsp3) is 0.200. The van der Waals surface area contributed by atoms with Crippen LogP contribution >= 0.6 is 35.1 Å². The first-order chi connectivity index (χ1) is 14.7. The third kappa shape index (κ3) is 4.70. The number of likely N-dealkylation sites (N-methyl/N-ethyl adjacent to an activating group) is 1. The number of thiophene rings is 1. The summed E-state index contributed by atoms with van der Waals surface area (Å²) in [7, 11) is 3.71. The van der Waals surface area contributed by atoms with E-state index in [1.54, 1.807) is 12.1 Å². The summed E-state index contributed by atoms with van der Waals surface area (Å²) in [4.78, 5) is 31.8. The van der Waals surface area contributed by atoms with E-state index in [0.29, 0.717) is 21.5 Å². The van der Waals surface area contributed by atoms with Crippen LogP contribution in [0.2, 0.25) is 0 Å². The van der Waals surface area contributed by atoms with Crippen LogP contribution in [-0.4, -0.2) is 47.9 Å². The molecule has 2 heterocycles. The predicted octanol–water partition coefficient (Wildman–Crippen LogP) is 5.33. The van der Waals surface area contributed by atoms with Crippen molar-refractivity contribution in [2.45, 2.75) is 0 Å². The maximum absolute atomic E-state index is 14.1. The Hall–Kier alpha value is -2.73. The molecule has 0 aliphatic carbocycles. The van der Waals surface area contributed by atoms with Crippen molar-refractivity contribution < 1.29 is 18.5 Å². The average molecular weight is 499 g/mol. The predicted molar refractivity (Wildman–Crippen MR) is 125 cm³/mol. The fourth-order valence-electron chi connectivity index (χ4n) is 3.03. The molecule has 1 amide bonds. The van der Waals surface area contributed by atoms with Crippen LogP contribution in [-0.2, 0) is 0 Å². The first kappa shape index (κ1) is 23.9. The normalized spacial score (nSPS) is 11.2. The van der Waals surface area contributed by atoms with Crippen LogP contribution in [0.3, 0.4) is 0 Å². The Bertz CT molecular complexity index is 1330. The largest absolute Gasteiger partial charge is 0.308 e. The zero-order valence-electron chi connectivity index (χ0n) is 16.9. The van der Waals surface area contributed by atoms with E-state index in [0.717, 1.165) is 22.1 Å². The van der Waals surface area contributed by atoms with Gasteiger partial charge in [-0.1, -0.05) is 11.3 Å². The highest BCUT2D eigenvalue weighted by Gasteiger charge is 2.24. The second kappa shape index (κ2) is 9.41. The molecule has 2 aromatic heterocycles. The molecule has 7 nitrogen and oxygen atoms in total. The lowest BCUT2D eigenvalue weighted by molar-refractivity contribution is -0.384. The molecular formula is C20H17ClF2N4O3S2. The number of fused-ring (bicyclic) bond motifs is 2. The van der Waals surface area contributed by atoms with E-state index >= 15 is 0 Å². The van der Waals surface area contributed by atoms with E-state index in [2.05, 4.69) is 4.98 Å². The number of aromatic nitrogens is 1. The third-order valence-corrected chi connectivity index (χ3v) is 6.70. The molecule has 4 rings (SSSR count). The van der Waals surface area contributed by atoms with Gasteiger partial charge in [-0.3, -0.25) is 19.8 Å². The highest BCUT2D eigenvalue weighted by Crippen LogP contribution is 2.34. The molecule has 0 saturated carbocycles. The van der Waals surface area contributed by atoms with Gasteiger partial charge in [0.05, 0.1) is 14.5 Å². The van der Waals surface area contributed by atoms with Crippen LogP contribution in [0.1, 0.15) is 9.67 Å². The zero-order valence-corrected chi connectivity index (χ0v) is 19.3. The van der Waals surface area contributed by atoms with Gasteiger partial charge in [-0.2, -0.15) is 0 Å². The summed E-state index contributed by atoms with van der Waals surface area (Å²) in [6, 6.07) is 7.97. The van der Waals surface area contributed by atoms with Crippen molar-refractivity contribution in [1.82, 2.24) is 9.88 Å². The van der Waals surface area contributed by atoms with E-state index in [4.69, 9.17) is 0 Å². The van der Waals surface area contributed by atoms with E-state index in [-0.39, 0.29) is 41.2 Å². The number of benzene rings is 2. The van der Waals surface area contributed by atoms with Crippen molar-refractivity contribution in [3.05, 3.63) is 63.0 Å². The Morgan fingerprint density at radius 3 is 2.53 bits per heavy atom. The molecular weight excluding hydrogens is 482 g/mol. The maximum Gasteiger partial charge on any atom is 0.270 e. The smallest absolute Gasteiger partial charge is 0.270 e. The molecule has 12 heteroatoms. The SMILES string of the molecule is CN(C)CCN(C(=O)c1cc2cc([N+](=O)[O-])ccc2s1)c1nc2c(F)cc(F)cc2s1.Cl. The molecule has 0 spiro atoms. The van der Waals surface area contributed by atoms with Gasteiger partial charge in [0.1, 0.15) is 11.3 Å². The standard InChI is InChI=1S/C20H16F2N4O3S2.ClH/c1-24(2)5-6-25(20-23-18-14(22)9-12(21)10-16(18)31-20)19(27)17-8-11-7-13(26(28)29)3-4-15(11)30-17;/h3-4,7-10H,5-6H2,1-2H3;1H. The molecule has 0 atom stereocenters. The molecule has 0 saturated heterocycles. The minimum atomic E-state index is -0.785. The zero-order chi connectivity index (χ0) is 22.3. The number of rotatable bonds is 6. The van der Waals surface area contributed by atoms with Gasteiger partial charge in [0, 0.05) is 41.4 Å². The highest BCUT2D eigenvalue weighted by molar-refractivity contribution is 7.23. The molecule has 0 aliphatic rings. The summed E-state index contributed by atoms with van der Waals surface area (Å²) in [5, 5.41) is 11.9. The molecule has 2 aromatic carbocycles. The molecule has 0 aliphatic heterocycles. The van der Waals surface area contributed by atoms with Gasteiger partial charge in [-0.15, -0.1) is 23.7 Å². The van der Waals surface area contributed by atoms with Gasteiger partial charge in [-0.05, 0) is 32.3 Å². The highest BCUT2D eigenvalue weighted by atomic mass is 35.5. The average Bonchev–Trinajstić information content (AvgIpc) is 3.31. The lowest BCUT2D eigenvalue weighted by Gasteiger charge is -2.21. The summed E-state index contributed by atoms with van der Waals surface area (Å²) < 4.78 is 28.8. The minimum absolute atomic E-state index is 0. The Balaban J connectivity index is 0.00000289. The maximum atomic E-state index is 14.1. The summed E-state index contributed by atoms with van der Waals surface area (Å²) in [5.41, 5.74) is -0.0477. The van der Waals surface area contributed by atoms with Crippen molar-refractivity contribution in [2.24, 2.45) is 0 Å². The second-order valence-corrected chi connectivity index (χ2v) is 9.17. The Morgan fingerprint density at radius 1 is 1.09 bits per heavy atom. The topological polar surface area (TPSA) is 79.6 Å². The number of nitrogens with zero attached hydrogens (tertiary/aromatic N) is 4. The number of anilines is 1. The number of carbonyl (C=O) groups excluding carboxylic acids is 1. The number of nitro groups is 1. The number of nitro benzene ring substituents is 1. The number of hydrogen-bond donors (Lipinski definition) is 0. The van der Waals surface area contributed by atoms with Crippen LogP contribution in [0, 0.1) is 21.7 Å². The Kier molecular flexibility index (Phi) is 7.03. The second-order valence-electron chi connectivity index (χ2n) is 7.08. The number of halogens is 3. The van der Waals surface area contributed by atoms with Crippen molar-refractivity contribution in [3.63, 3.8) is 0 Å². The van der Waals surface area contributed by atoms with Crippen molar-refractivity contribution >= 4 is 72.1 Å². The monoisotopic (exact) mass is 498 g/mol. The van der Waals surface area contributed by atoms with Crippen molar-refractivity contribution in [2.75, 3.05) is 32.1 Å². The number of carbonyl (C=O) groups is 1. The summed E-state index contributed by atoms with van der Waals surface area (Å²) in [6.45, 7) is 0.805. The molecule has 0 unspecified atom stereocenters. The van der Waals surface area contributed by atoms with Crippen LogP contribution in [0.25, 0.3) is 20.3 Å². The minimum Gasteiger partial charge on any atom is -0.308 e. The molecule has 0 fully saturated rings. The summed E-state index contributed by atoms with van der Waals surface area (Å²) in [6.07, 6.45) is 0. The van der Waals surface area contributed by atoms with Crippen LogP contribution in [0.4, 0.5) is 19.6 Å². The Labute approximate surface area is 195 Å². The van der Waals surface area contributed by atoms with Crippen molar-refractivity contribution in [3.8, 4) is 0 Å². The van der Waals surface area contributed by atoms with Crippen molar-refractivity contribution in [1.29, 1.82) is 0 Å². The Morgan fingerprint density at radius 2 is 1.84 bits per heavy atom. The van der Waals surface area contributed by atoms with Crippen LogP contribution < -0.4 is 4.90 Å². The lowest BCUT2D eigenvalue weighted by Crippen LogP contribution is -2.36. The molecule has 0 radical (unpaired) electrons. The van der Waals surface area contributed by atoms with E-state index in [9.17, 15) is 23.7 Å². The molecule has 0 N–H and O–H groups in total. The summed E-state index contributed by atoms with van der Waals surface area (Å²) >= 11 is 2.24. The first-order valence-electron chi connectivity index (χ1n) is 9.13. The van der Waals surface area contributed by atoms with Crippen LogP contribution in [0.5, 0.6) is 0 Å². The molecule has 32 heavy (non-hydrogen) atoms. The van der Waals surface area contributed by atoms with Gasteiger partial charge in [0.2, 0.25) is 0 Å². The third-order valence-electron chi connectivity index (χ3n) is 4.57. The van der Waals surface area contributed by atoms with Gasteiger partial charge < -0.3 is 4.90 Å². The number of hydrogen-bond acceptors (Lipinski definition) is 7. The number of non-ortho nitro benzene ring substituents is 1. The lowest BCUT2D eigenvalue weighted by atomic mass is 10.2. The van der Waals surface area contributed by atoms with E-state index < -0.39 is 16.6 Å². The molecule has 168 valence electrons. The number of amides is 1. The fourth-order valence-corrected chi connectivity index (χ4v) is 5.05. The summed E-state index contributed by atoms with van der Waals surface area (Å²) in [5.74, 6) is -1.85.